The van der Waals surface area contributed by atoms with Crippen LogP contribution >= 0.6 is 0 Å². The third kappa shape index (κ3) is 6.64. The summed E-state index contributed by atoms with van der Waals surface area (Å²) >= 11 is 0. The van der Waals surface area contributed by atoms with Gasteiger partial charge in [0.15, 0.2) is 0 Å². The van der Waals surface area contributed by atoms with E-state index in [1.165, 1.54) is 83.1 Å². The molecule has 0 saturated carbocycles. The Hall–Kier alpha value is -8.98. The van der Waals surface area contributed by atoms with Crippen LogP contribution in [0, 0.1) is 0 Å². The molecule has 0 unspecified atom stereocenters. The van der Waals surface area contributed by atoms with Crippen LogP contribution in [0.2, 0.25) is 0 Å². The molecule has 0 saturated heterocycles. The van der Waals surface area contributed by atoms with Crippen LogP contribution in [-0.4, -0.2) is 4.57 Å². The summed E-state index contributed by atoms with van der Waals surface area (Å²) in [7, 11) is 0. The number of rotatable bonds is 9. The van der Waals surface area contributed by atoms with Crippen LogP contribution in [0.4, 0.5) is 17.1 Å². The average molecular weight is 879 g/mol. The van der Waals surface area contributed by atoms with Gasteiger partial charge >= 0.3 is 0 Å². The molecule has 1 aromatic heterocycles. The van der Waals surface area contributed by atoms with Crippen LogP contribution in [-0.2, 0) is 5.41 Å². The third-order valence-corrected chi connectivity index (χ3v) is 14.3. The minimum absolute atomic E-state index is 0.493. The van der Waals surface area contributed by atoms with E-state index < -0.39 is 5.41 Å². The summed E-state index contributed by atoms with van der Waals surface area (Å²) in [4.78, 5) is 2.36. The lowest BCUT2D eigenvalue weighted by molar-refractivity contribution is 0.768. The Balaban J connectivity index is 0.949. The first-order valence-corrected chi connectivity index (χ1v) is 23.8. The Morgan fingerprint density at radius 2 is 0.768 bits per heavy atom. The van der Waals surface area contributed by atoms with Gasteiger partial charge in [0.1, 0.15) is 0 Å². The Kier molecular flexibility index (Phi) is 9.77. The second-order valence-corrected chi connectivity index (χ2v) is 18.0. The van der Waals surface area contributed by atoms with E-state index in [1.807, 2.05) is 0 Å². The fourth-order valence-corrected chi connectivity index (χ4v) is 11.2. The number of nitrogens with zero attached hydrogens (tertiary/aromatic N) is 2. The summed E-state index contributed by atoms with van der Waals surface area (Å²) in [6, 6.07) is 102. The SMILES string of the molecule is c1ccc(-c2cccc(-c3ccc(N(c4ccccc4)c4cccc(-c5ccc6c7ccccc7n(-c7cccc8c7-c7ccccc7C8(c7ccccc7)c7ccccc7)c6c5)c4)cc3)c2)cc1. The van der Waals surface area contributed by atoms with Crippen LogP contribution in [0.1, 0.15) is 22.3 Å². The predicted molar refractivity (Wildman–Crippen MR) is 289 cm³/mol. The number of hydrogen-bond donors (Lipinski definition) is 0. The van der Waals surface area contributed by atoms with Crippen molar-refractivity contribution in [2.24, 2.45) is 0 Å². The van der Waals surface area contributed by atoms with Gasteiger partial charge < -0.3 is 9.47 Å². The fourth-order valence-electron chi connectivity index (χ4n) is 11.2. The van der Waals surface area contributed by atoms with Crippen LogP contribution in [0.3, 0.4) is 0 Å². The molecule has 0 fully saturated rings. The number of fused-ring (bicyclic) bond motifs is 6. The molecule has 1 heterocycles. The highest BCUT2D eigenvalue weighted by molar-refractivity contribution is 6.11. The van der Waals surface area contributed by atoms with Crippen LogP contribution < -0.4 is 4.90 Å². The van der Waals surface area contributed by atoms with Gasteiger partial charge in [0.05, 0.1) is 22.1 Å². The van der Waals surface area contributed by atoms with Gasteiger partial charge in [0, 0.05) is 33.4 Å². The van der Waals surface area contributed by atoms with Crippen molar-refractivity contribution in [3.63, 3.8) is 0 Å². The summed E-state index contributed by atoms with van der Waals surface area (Å²) in [5, 5.41) is 2.46. The third-order valence-electron chi connectivity index (χ3n) is 14.3. The Morgan fingerprint density at radius 1 is 0.290 bits per heavy atom. The summed E-state index contributed by atoms with van der Waals surface area (Å²) in [5.74, 6) is 0. The smallest absolute Gasteiger partial charge is 0.0714 e. The molecule has 0 spiro atoms. The van der Waals surface area contributed by atoms with Gasteiger partial charge in [-0.1, -0.05) is 218 Å². The molecule has 1 aliphatic carbocycles. The highest BCUT2D eigenvalue weighted by atomic mass is 15.1. The van der Waals surface area contributed by atoms with Gasteiger partial charge in [-0.05, 0) is 122 Å². The number of aromatic nitrogens is 1. The van der Waals surface area contributed by atoms with Gasteiger partial charge in [0.25, 0.3) is 0 Å². The highest BCUT2D eigenvalue weighted by Crippen LogP contribution is 2.58. The largest absolute Gasteiger partial charge is 0.310 e. The maximum absolute atomic E-state index is 2.52. The molecule has 0 aliphatic heterocycles. The summed E-state index contributed by atoms with van der Waals surface area (Å²) in [6.07, 6.45) is 0. The van der Waals surface area contributed by atoms with Crippen molar-refractivity contribution in [3.8, 4) is 50.2 Å². The standard InChI is InChI=1S/C67H46N2/c1-5-20-47(21-6-1)49-22-17-23-50(44-49)48-38-41-56(42-39-48)68(55-29-11-4-12-30-55)57-31-18-24-51(45-57)52-40-43-59-58-32-14-16-36-63(58)69(65(59)46-52)64-37-19-35-62-66(64)60-33-13-15-34-61(60)67(62,53-25-7-2-8-26-53)54-27-9-3-10-28-54/h1-46H. The zero-order chi connectivity index (χ0) is 45.7. The lowest BCUT2D eigenvalue weighted by Crippen LogP contribution is -2.28. The summed E-state index contributed by atoms with van der Waals surface area (Å²) in [5.41, 5.74) is 21.1. The van der Waals surface area contributed by atoms with Crippen molar-refractivity contribution in [3.05, 3.63) is 301 Å². The minimum Gasteiger partial charge on any atom is -0.310 e. The van der Waals surface area contributed by atoms with E-state index in [4.69, 9.17) is 0 Å². The average Bonchev–Trinajstić information content (AvgIpc) is 3.93. The molecule has 2 heteroatoms. The molecule has 0 radical (unpaired) electrons. The van der Waals surface area contributed by atoms with Crippen molar-refractivity contribution in [1.29, 1.82) is 0 Å². The highest BCUT2D eigenvalue weighted by Gasteiger charge is 2.47. The molecular formula is C67H46N2. The quantitative estimate of drug-likeness (QED) is 0.140. The van der Waals surface area contributed by atoms with Crippen LogP contribution in [0.5, 0.6) is 0 Å². The number of anilines is 3. The van der Waals surface area contributed by atoms with E-state index >= 15 is 0 Å². The molecule has 13 rings (SSSR count). The lowest BCUT2D eigenvalue weighted by atomic mass is 9.68. The van der Waals surface area contributed by atoms with Gasteiger partial charge in [-0.15, -0.1) is 0 Å². The Morgan fingerprint density at radius 3 is 1.49 bits per heavy atom. The van der Waals surface area contributed by atoms with Crippen molar-refractivity contribution in [2.75, 3.05) is 4.90 Å². The second kappa shape index (κ2) is 16.7. The van der Waals surface area contributed by atoms with Crippen LogP contribution in [0.15, 0.2) is 279 Å². The van der Waals surface area contributed by atoms with Gasteiger partial charge in [0.2, 0.25) is 0 Å². The van der Waals surface area contributed by atoms with Crippen molar-refractivity contribution in [2.45, 2.75) is 5.41 Å². The topological polar surface area (TPSA) is 8.17 Å². The first-order chi connectivity index (χ1) is 34.2. The molecular weight excluding hydrogens is 833 g/mol. The van der Waals surface area contributed by atoms with Gasteiger partial charge in [-0.25, -0.2) is 0 Å². The van der Waals surface area contributed by atoms with Crippen molar-refractivity contribution < 1.29 is 0 Å². The fraction of sp³-hybridized carbons (Fsp3) is 0.0149. The lowest BCUT2D eigenvalue weighted by Gasteiger charge is -2.34. The Labute approximate surface area is 403 Å². The molecule has 2 nitrogen and oxygen atoms in total. The van der Waals surface area contributed by atoms with Gasteiger partial charge in [-0.2, -0.15) is 0 Å². The first kappa shape index (κ1) is 40.3. The molecule has 0 bridgehead atoms. The number of benzene rings is 11. The normalized spacial score (nSPS) is 12.5. The van der Waals surface area contributed by atoms with Crippen molar-refractivity contribution >= 4 is 38.9 Å². The predicted octanol–water partition coefficient (Wildman–Crippen LogP) is 17.6. The van der Waals surface area contributed by atoms with E-state index in [1.54, 1.807) is 0 Å². The second-order valence-electron chi connectivity index (χ2n) is 18.0. The molecule has 69 heavy (non-hydrogen) atoms. The summed E-state index contributed by atoms with van der Waals surface area (Å²) < 4.78 is 2.52. The maximum Gasteiger partial charge on any atom is 0.0714 e. The minimum atomic E-state index is -0.493. The van der Waals surface area contributed by atoms with E-state index in [0.29, 0.717) is 0 Å². The van der Waals surface area contributed by atoms with E-state index in [0.717, 1.165) is 28.2 Å². The van der Waals surface area contributed by atoms with Crippen LogP contribution in [0.25, 0.3) is 72.0 Å². The maximum atomic E-state index is 2.52. The zero-order valence-electron chi connectivity index (χ0n) is 38.0. The molecule has 0 amide bonds. The molecule has 0 atom stereocenters. The van der Waals surface area contributed by atoms with Crippen molar-refractivity contribution in [1.82, 2.24) is 4.57 Å². The zero-order valence-corrected chi connectivity index (χ0v) is 38.0. The molecule has 324 valence electrons. The van der Waals surface area contributed by atoms with E-state index in [2.05, 4.69) is 289 Å². The summed E-state index contributed by atoms with van der Waals surface area (Å²) in [6.45, 7) is 0. The molecule has 12 aromatic rings. The first-order valence-electron chi connectivity index (χ1n) is 23.8. The monoisotopic (exact) mass is 878 g/mol. The number of para-hydroxylation sites is 2. The molecule has 11 aromatic carbocycles. The van der Waals surface area contributed by atoms with Gasteiger partial charge in [-0.3, -0.25) is 0 Å². The molecule has 1 aliphatic rings. The van der Waals surface area contributed by atoms with E-state index in [9.17, 15) is 0 Å². The Bertz CT molecular complexity index is 3780. The number of hydrogen-bond acceptors (Lipinski definition) is 1. The molecule has 0 N–H and O–H groups in total. The van der Waals surface area contributed by atoms with E-state index in [-0.39, 0.29) is 0 Å².